The average Bonchev–Trinajstić information content (AvgIpc) is 2.25. The molecule has 0 spiro atoms. The molecule has 0 aromatic heterocycles. The second-order valence-corrected chi connectivity index (χ2v) is 4.41. The fourth-order valence-corrected chi connectivity index (χ4v) is 2.45. The van der Waals surface area contributed by atoms with Gasteiger partial charge in [0, 0.05) is 10.9 Å². The minimum Gasteiger partial charge on any atom is -0.289 e. The van der Waals surface area contributed by atoms with Gasteiger partial charge >= 0.3 is 0 Å². The van der Waals surface area contributed by atoms with E-state index >= 15 is 0 Å². The zero-order valence-corrected chi connectivity index (χ0v) is 9.37. The Morgan fingerprint density at radius 3 is 2.62 bits per heavy atom. The second kappa shape index (κ2) is 3.05. The third-order valence-corrected chi connectivity index (χ3v) is 3.16. The molecule has 2 aromatic rings. The van der Waals surface area contributed by atoms with Gasteiger partial charge in [-0.2, -0.15) is 0 Å². The van der Waals surface area contributed by atoms with Crippen LogP contribution < -0.4 is 0 Å². The molecule has 0 N–H and O–H groups in total. The van der Waals surface area contributed by atoms with Gasteiger partial charge in [-0.3, -0.25) is 4.79 Å². The van der Waals surface area contributed by atoms with Gasteiger partial charge in [0.25, 0.3) is 0 Å². The van der Waals surface area contributed by atoms with Gasteiger partial charge in [0.15, 0.2) is 5.78 Å². The molecular formula is C15H12O. The Morgan fingerprint density at radius 2 is 1.81 bits per heavy atom. The molecule has 0 fully saturated rings. The van der Waals surface area contributed by atoms with Crippen LogP contribution in [-0.2, 0) is 0 Å². The smallest absolute Gasteiger partial charge is 0.186 e. The highest BCUT2D eigenvalue weighted by atomic mass is 16.1. The summed E-state index contributed by atoms with van der Waals surface area (Å²) in [6.07, 6.45) is 1.73. The van der Waals surface area contributed by atoms with Crippen LogP contribution in [0.4, 0.5) is 0 Å². The van der Waals surface area contributed by atoms with E-state index in [-0.39, 0.29) is 5.78 Å². The lowest BCUT2D eigenvalue weighted by atomic mass is 9.87. The Balaban J connectivity index is 2.56. The molecule has 0 unspecified atom stereocenters. The van der Waals surface area contributed by atoms with Crippen molar-refractivity contribution in [3.63, 3.8) is 0 Å². The van der Waals surface area contributed by atoms with Crippen LogP contribution in [0.1, 0.15) is 28.4 Å². The first-order chi connectivity index (χ1) is 7.66. The lowest BCUT2D eigenvalue weighted by Gasteiger charge is -2.16. The van der Waals surface area contributed by atoms with E-state index in [1.807, 2.05) is 26.0 Å². The first kappa shape index (κ1) is 9.34. The van der Waals surface area contributed by atoms with Crippen molar-refractivity contribution in [2.45, 2.75) is 13.8 Å². The summed E-state index contributed by atoms with van der Waals surface area (Å²) in [6, 6.07) is 10.3. The maximum atomic E-state index is 12.0. The van der Waals surface area contributed by atoms with Crippen LogP contribution in [0.2, 0.25) is 0 Å². The zero-order chi connectivity index (χ0) is 11.3. The van der Waals surface area contributed by atoms with E-state index in [4.69, 9.17) is 0 Å². The minimum atomic E-state index is 0.130. The van der Waals surface area contributed by atoms with E-state index in [2.05, 4.69) is 18.2 Å². The van der Waals surface area contributed by atoms with E-state index < -0.39 is 0 Å². The predicted octanol–water partition coefficient (Wildman–Crippen LogP) is 3.75. The lowest BCUT2D eigenvalue weighted by Crippen LogP contribution is -2.04. The summed E-state index contributed by atoms with van der Waals surface area (Å²) >= 11 is 0. The van der Waals surface area contributed by atoms with Crippen LogP contribution in [0.5, 0.6) is 0 Å². The predicted molar refractivity (Wildman–Crippen MR) is 66.7 cm³/mol. The van der Waals surface area contributed by atoms with E-state index in [9.17, 15) is 4.79 Å². The fourth-order valence-electron chi connectivity index (χ4n) is 2.45. The molecule has 1 nitrogen and oxygen atoms in total. The van der Waals surface area contributed by atoms with Crippen molar-refractivity contribution in [1.29, 1.82) is 0 Å². The van der Waals surface area contributed by atoms with Crippen molar-refractivity contribution in [2.75, 3.05) is 0 Å². The Kier molecular flexibility index (Phi) is 1.78. The molecule has 0 saturated heterocycles. The molecule has 1 aliphatic carbocycles. The second-order valence-electron chi connectivity index (χ2n) is 4.41. The van der Waals surface area contributed by atoms with Gasteiger partial charge in [-0.15, -0.1) is 0 Å². The van der Waals surface area contributed by atoms with Crippen molar-refractivity contribution in [3.05, 3.63) is 53.1 Å². The molecule has 16 heavy (non-hydrogen) atoms. The number of rotatable bonds is 0. The van der Waals surface area contributed by atoms with Crippen molar-refractivity contribution in [3.8, 4) is 0 Å². The number of hydrogen-bond donors (Lipinski definition) is 0. The Hall–Kier alpha value is -1.89. The van der Waals surface area contributed by atoms with Gasteiger partial charge in [0.2, 0.25) is 0 Å². The summed E-state index contributed by atoms with van der Waals surface area (Å²) in [4.78, 5) is 12.0. The Bertz CT molecular complexity index is 648. The molecule has 0 radical (unpaired) electrons. The van der Waals surface area contributed by atoms with Crippen LogP contribution in [-0.4, -0.2) is 5.78 Å². The van der Waals surface area contributed by atoms with Crippen molar-refractivity contribution in [2.24, 2.45) is 0 Å². The number of aryl methyl sites for hydroxylation is 1. The molecule has 0 amide bonds. The Labute approximate surface area is 94.4 Å². The molecule has 0 heterocycles. The van der Waals surface area contributed by atoms with Gasteiger partial charge in [0.1, 0.15) is 0 Å². The summed E-state index contributed by atoms with van der Waals surface area (Å²) in [6.45, 7) is 4.02. The molecule has 0 bridgehead atoms. The van der Waals surface area contributed by atoms with Crippen LogP contribution in [0.25, 0.3) is 16.3 Å². The van der Waals surface area contributed by atoms with Crippen molar-refractivity contribution >= 4 is 22.1 Å². The monoisotopic (exact) mass is 208 g/mol. The van der Waals surface area contributed by atoms with Gasteiger partial charge in [-0.25, -0.2) is 0 Å². The largest absolute Gasteiger partial charge is 0.289 e. The molecule has 0 aliphatic heterocycles. The minimum absolute atomic E-state index is 0.130. The summed E-state index contributed by atoms with van der Waals surface area (Å²) in [5.41, 5.74) is 4.23. The SMILES string of the molecule is CC1=CC(=O)c2cc(C)cc3cccc1c23. The highest BCUT2D eigenvalue weighted by molar-refractivity contribution is 6.21. The number of allylic oxidation sites excluding steroid dienone is 2. The highest BCUT2D eigenvalue weighted by Gasteiger charge is 2.18. The molecule has 1 aliphatic rings. The molecule has 1 heteroatoms. The van der Waals surface area contributed by atoms with E-state index in [1.165, 1.54) is 5.56 Å². The molecule has 0 atom stereocenters. The third-order valence-electron chi connectivity index (χ3n) is 3.16. The lowest BCUT2D eigenvalue weighted by molar-refractivity contribution is 0.104. The summed E-state index contributed by atoms with van der Waals surface area (Å²) < 4.78 is 0. The highest BCUT2D eigenvalue weighted by Crippen LogP contribution is 2.33. The van der Waals surface area contributed by atoms with Crippen LogP contribution in [0.3, 0.4) is 0 Å². The first-order valence-electron chi connectivity index (χ1n) is 5.43. The normalized spacial score (nSPS) is 14.1. The van der Waals surface area contributed by atoms with Crippen LogP contribution in [0.15, 0.2) is 36.4 Å². The number of benzene rings is 2. The van der Waals surface area contributed by atoms with Gasteiger partial charge in [-0.05, 0) is 48.1 Å². The van der Waals surface area contributed by atoms with E-state index in [1.54, 1.807) is 6.08 Å². The van der Waals surface area contributed by atoms with E-state index in [0.717, 1.165) is 27.5 Å². The number of carbonyl (C=O) groups excluding carboxylic acids is 1. The van der Waals surface area contributed by atoms with Gasteiger partial charge < -0.3 is 0 Å². The molecule has 2 aromatic carbocycles. The Morgan fingerprint density at radius 1 is 1.00 bits per heavy atom. The maximum absolute atomic E-state index is 12.0. The first-order valence-corrected chi connectivity index (χ1v) is 5.43. The van der Waals surface area contributed by atoms with E-state index in [0.29, 0.717) is 0 Å². The molecule has 3 rings (SSSR count). The summed E-state index contributed by atoms with van der Waals surface area (Å²) in [7, 11) is 0. The number of carbonyl (C=O) groups is 1. The summed E-state index contributed by atoms with van der Waals surface area (Å²) in [5.74, 6) is 0.130. The van der Waals surface area contributed by atoms with Crippen LogP contribution >= 0.6 is 0 Å². The number of hydrogen-bond acceptors (Lipinski definition) is 1. The molecular weight excluding hydrogens is 196 g/mol. The average molecular weight is 208 g/mol. The quantitative estimate of drug-likeness (QED) is 0.644. The van der Waals surface area contributed by atoms with Crippen LogP contribution in [0, 0.1) is 6.92 Å². The van der Waals surface area contributed by atoms with Gasteiger partial charge in [-0.1, -0.05) is 24.3 Å². The molecule has 78 valence electrons. The topological polar surface area (TPSA) is 17.1 Å². The maximum Gasteiger partial charge on any atom is 0.186 e. The fraction of sp³-hybridized carbons (Fsp3) is 0.133. The van der Waals surface area contributed by atoms with Crippen molar-refractivity contribution < 1.29 is 4.79 Å². The van der Waals surface area contributed by atoms with Crippen molar-refractivity contribution in [1.82, 2.24) is 0 Å². The third kappa shape index (κ3) is 1.15. The number of ketones is 1. The summed E-state index contributed by atoms with van der Waals surface area (Å²) in [5, 5.41) is 2.27. The van der Waals surface area contributed by atoms with Gasteiger partial charge in [0.05, 0.1) is 0 Å². The standard InChI is InChI=1S/C15H12O/c1-9-6-11-4-3-5-12-10(2)8-14(16)13(7-9)15(11)12/h3-8H,1-2H3. The zero-order valence-electron chi connectivity index (χ0n) is 9.37. The molecule has 0 saturated carbocycles.